The Morgan fingerprint density at radius 3 is 2.30 bits per heavy atom. The summed E-state index contributed by atoms with van der Waals surface area (Å²) in [5.74, 6) is 0. The highest BCUT2D eigenvalue weighted by Crippen LogP contribution is 1.94. The maximum atomic E-state index is 5.36. The molecular weight excluding hydrogens is 124 g/mol. The Morgan fingerprint density at radius 1 is 1.30 bits per heavy atom. The third-order valence-corrected chi connectivity index (χ3v) is 1.80. The quantitative estimate of drug-likeness (QED) is 0.548. The maximum Gasteiger partial charge on any atom is 0.00618 e. The first kappa shape index (κ1) is 9.92. The van der Waals surface area contributed by atoms with Crippen LogP contribution in [0, 0.1) is 0 Å². The van der Waals surface area contributed by atoms with Gasteiger partial charge in [0.25, 0.3) is 0 Å². The minimum atomic E-state index is 0.701. The van der Waals surface area contributed by atoms with Gasteiger partial charge in [0.2, 0.25) is 0 Å². The van der Waals surface area contributed by atoms with E-state index < -0.39 is 0 Å². The van der Waals surface area contributed by atoms with Gasteiger partial charge in [0.15, 0.2) is 0 Å². The molecule has 0 rings (SSSR count). The number of rotatable bonds is 6. The molecule has 0 spiro atoms. The Kier molecular flexibility index (Phi) is 6.98. The first-order valence-corrected chi connectivity index (χ1v) is 4.28. The van der Waals surface area contributed by atoms with E-state index in [1.807, 2.05) is 0 Å². The van der Waals surface area contributed by atoms with E-state index in [1.165, 1.54) is 12.8 Å². The molecule has 0 saturated heterocycles. The minimum absolute atomic E-state index is 0.701. The molecule has 0 aromatic rings. The van der Waals surface area contributed by atoms with Crippen molar-refractivity contribution in [3.8, 4) is 0 Å². The lowest BCUT2D eigenvalue weighted by Gasteiger charge is -2.13. The van der Waals surface area contributed by atoms with Crippen LogP contribution in [0.4, 0.5) is 0 Å². The molecule has 0 aliphatic rings. The van der Waals surface area contributed by atoms with Crippen molar-refractivity contribution in [3.63, 3.8) is 0 Å². The summed E-state index contributed by atoms with van der Waals surface area (Å²) in [5.41, 5.74) is 5.36. The highest BCUT2D eigenvalue weighted by atomic mass is 14.9. The lowest BCUT2D eigenvalue weighted by molar-refractivity contribution is 0.481. The molecule has 0 amide bonds. The SMILES string of the molecule is CCC(CC)NCCCN. The van der Waals surface area contributed by atoms with Gasteiger partial charge in [0, 0.05) is 6.04 Å². The second-order valence-corrected chi connectivity index (χ2v) is 2.61. The van der Waals surface area contributed by atoms with Gasteiger partial charge < -0.3 is 11.1 Å². The summed E-state index contributed by atoms with van der Waals surface area (Å²) in [6.07, 6.45) is 3.54. The molecule has 0 radical (unpaired) electrons. The summed E-state index contributed by atoms with van der Waals surface area (Å²) in [6, 6.07) is 0.701. The van der Waals surface area contributed by atoms with Crippen molar-refractivity contribution in [2.75, 3.05) is 13.1 Å². The Bertz CT molecular complexity index is 60.3. The number of hydrogen-bond acceptors (Lipinski definition) is 2. The van der Waals surface area contributed by atoms with Crippen molar-refractivity contribution in [1.29, 1.82) is 0 Å². The van der Waals surface area contributed by atoms with Gasteiger partial charge >= 0.3 is 0 Å². The van der Waals surface area contributed by atoms with E-state index in [4.69, 9.17) is 5.73 Å². The molecule has 3 N–H and O–H groups in total. The van der Waals surface area contributed by atoms with Gasteiger partial charge in [-0.25, -0.2) is 0 Å². The van der Waals surface area contributed by atoms with Crippen LogP contribution in [0.3, 0.4) is 0 Å². The van der Waals surface area contributed by atoms with Crippen molar-refractivity contribution < 1.29 is 0 Å². The van der Waals surface area contributed by atoms with Gasteiger partial charge in [-0.05, 0) is 32.4 Å². The van der Waals surface area contributed by atoms with Gasteiger partial charge in [-0.3, -0.25) is 0 Å². The fourth-order valence-corrected chi connectivity index (χ4v) is 0.986. The molecule has 62 valence electrons. The van der Waals surface area contributed by atoms with Crippen LogP contribution in [0.2, 0.25) is 0 Å². The maximum absolute atomic E-state index is 5.36. The van der Waals surface area contributed by atoms with Crippen LogP contribution < -0.4 is 11.1 Å². The summed E-state index contributed by atoms with van der Waals surface area (Å²) in [5, 5.41) is 3.44. The number of nitrogens with one attached hydrogen (secondary N) is 1. The van der Waals surface area contributed by atoms with E-state index in [0.29, 0.717) is 6.04 Å². The highest BCUT2D eigenvalue weighted by Gasteiger charge is 1.99. The summed E-state index contributed by atoms with van der Waals surface area (Å²) >= 11 is 0. The van der Waals surface area contributed by atoms with Crippen molar-refractivity contribution >= 4 is 0 Å². The number of nitrogens with two attached hydrogens (primary N) is 1. The van der Waals surface area contributed by atoms with Gasteiger partial charge in [-0.15, -0.1) is 0 Å². The molecule has 10 heavy (non-hydrogen) atoms. The second-order valence-electron chi connectivity index (χ2n) is 2.61. The molecule has 0 heterocycles. The normalized spacial score (nSPS) is 10.8. The first-order chi connectivity index (χ1) is 4.85. The highest BCUT2D eigenvalue weighted by molar-refractivity contribution is 4.61. The smallest absolute Gasteiger partial charge is 0.00618 e. The second kappa shape index (κ2) is 7.03. The monoisotopic (exact) mass is 144 g/mol. The van der Waals surface area contributed by atoms with Crippen LogP contribution in [0.1, 0.15) is 33.1 Å². The largest absolute Gasteiger partial charge is 0.330 e. The van der Waals surface area contributed by atoms with Crippen LogP contribution in [0.25, 0.3) is 0 Å². The fraction of sp³-hybridized carbons (Fsp3) is 1.00. The van der Waals surface area contributed by atoms with Crippen LogP contribution in [-0.4, -0.2) is 19.1 Å². The molecule has 0 aromatic heterocycles. The fourth-order valence-electron chi connectivity index (χ4n) is 0.986. The van der Waals surface area contributed by atoms with Crippen LogP contribution >= 0.6 is 0 Å². The Labute approximate surface area is 64.2 Å². The zero-order valence-electron chi connectivity index (χ0n) is 7.19. The van der Waals surface area contributed by atoms with Crippen molar-refractivity contribution in [2.45, 2.75) is 39.2 Å². The van der Waals surface area contributed by atoms with Gasteiger partial charge in [-0.2, -0.15) is 0 Å². The molecule has 0 bridgehead atoms. The molecule has 0 aliphatic heterocycles. The summed E-state index contributed by atoms with van der Waals surface area (Å²) in [6.45, 7) is 6.29. The van der Waals surface area contributed by atoms with E-state index >= 15 is 0 Å². The van der Waals surface area contributed by atoms with Crippen molar-refractivity contribution in [2.24, 2.45) is 5.73 Å². The number of hydrogen-bond donors (Lipinski definition) is 2. The topological polar surface area (TPSA) is 38.0 Å². The molecule has 0 unspecified atom stereocenters. The molecule has 2 heteroatoms. The molecule has 0 aliphatic carbocycles. The van der Waals surface area contributed by atoms with Gasteiger partial charge in [0.05, 0.1) is 0 Å². The van der Waals surface area contributed by atoms with E-state index in [1.54, 1.807) is 0 Å². The van der Waals surface area contributed by atoms with Crippen LogP contribution in [0.15, 0.2) is 0 Å². The predicted molar refractivity (Wildman–Crippen MR) is 46.0 cm³/mol. The van der Waals surface area contributed by atoms with Crippen LogP contribution in [-0.2, 0) is 0 Å². The third-order valence-electron chi connectivity index (χ3n) is 1.80. The summed E-state index contributed by atoms with van der Waals surface area (Å²) in [7, 11) is 0. The molecule has 0 fully saturated rings. The van der Waals surface area contributed by atoms with Crippen molar-refractivity contribution in [1.82, 2.24) is 5.32 Å². The van der Waals surface area contributed by atoms with E-state index in [-0.39, 0.29) is 0 Å². The molecule has 0 atom stereocenters. The van der Waals surface area contributed by atoms with E-state index in [9.17, 15) is 0 Å². The first-order valence-electron chi connectivity index (χ1n) is 4.28. The zero-order valence-corrected chi connectivity index (χ0v) is 7.19. The van der Waals surface area contributed by atoms with Gasteiger partial charge in [-0.1, -0.05) is 13.8 Å². The van der Waals surface area contributed by atoms with E-state index in [2.05, 4.69) is 19.2 Å². The minimum Gasteiger partial charge on any atom is -0.330 e. The average Bonchev–Trinajstić information content (AvgIpc) is 1.99. The lowest BCUT2D eigenvalue weighted by Crippen LogP contribution is -2.29. The zero-order chi connectivity index (χ0) is 7.82. The molecular formula is C8H20N2. The lowest BCUT2D eigenvalue weighted by atomic mass is 10.2. The van der Waals surface area contributed by atoms with Gasteiger partial charge in [0.1, 0.15) is 0 Å². The predicted octanol–water partition coefficient (Wildman–Crippen LogP) is 1.11. The molecule has 2 nitrogen and oxygen atoms in total. The summed E-state index contributed by atoms with van der Waals surface area (Å²) < 4.78 is 0. The van der Waals surface area contributed by atoms with E-state index in [0.717, 1.165) is 19.5 Å². The Hall–Kier alpha value is -0.0800. The van der Waals surface area contributed by atoms with Crippen LogP contribution in [0.5, 0.6) is 0 Å². The standard InChI is InChI=1S/C8H20N2/c1-3-8(4-2)10-7-5-6-9/h8,10H,3-7,9H2,1-2H3. The molecule has 0 saturated carbocycles. The Balaban J connectivity index is 3.09. The van der Waals surface area contributed by atoms with Crippen molar-refractivity contribution in [3.05, 3.63) is 0 Å². The third kappa shape index (κ3) is 4.77. The molecule has 0 aromatic carbocycles. The summed E-state index contributed by atoms with van der Waals surface area (Å²) in [4.78, 5) is 0. The average molecular weight is 144 g/mol. The Morgan fingerprint density at radius 2 is 1.90 bits per heavy atom.